The summed E-state index contributed by atoms with van der Waals surface area (Å²) < 4.78 is 5.26. The van der Waals surface area contributed by atoms with Gasteiger partial charge in [-0.05, 0) is 48.7 Å². The van der Waals surface area contributed by atoms with Crippen LogP contribution in [0.25, 0.3) is 0 Å². The van der Waals surface area contributed by atoms with E-state index in [0.717, 1.165) is 16.9 Å². The number of benzene rings is 3. The van der Waals surface area contributed by atoms with E-state index < -0.39 is 6.04 Å². The first-order valence-electron chi connectivity index (χ1n) is 9.91. The molecular formula is C25H26N2O3. The third-order valence-electron chi connectivity index (χ3n) is 4.77. The van der Waals surface area contributed by atoms with Gasteiger partial charge in [-0.1, -0.05) is 60.7 Å². The molecule has 3 aromatic rings. The van der Waals surface area contributed by atoms with E-state index in [9.17, 15) is 9.59 Å². The molecule has 30 heavy (non-hydrogen) atoms. The first kappa shape index (κ1) is 21.1. The monoisotopic (exact) mass is 402 g/mol. The minimum absolute atomic E-state index is 0.121. The van der Waals surface area contributed by atoms with Gasteiger partial charge in [-0.15, -0.1) is 0 Å². The van der Waals surface area contributed by atoms with Crippen LogP contribution in [0.15, 0.2) is 84.9 Å². The summed E-state index contributed by atoms with van der Waals surface area (Å²) in [5.74, 6) is 0.240. The molecule has 0 bridgehead atoms. The van der Waals surface area contributed by atoms with E-state index in [1.165, 1.54) is 0 Å². The maximum Gasteiger partial charge on any atom is 0.252 e. The summed E-state index contributed by atoms with van der Waals surface area (Å²) in [4.78, 5) is 25.8. The number of hydrogen-bond donors (Lipinski definition) is 2. The van der Waals surface area contributed by atoms with Gasteiger partial charge in [0, 0.05) is 11.6 Å². The number of carbonyl (C=O) groups excluding carboxylic acids is 2. The van der Waals surface area contributed by atoms with E-state index in [2.05, 4.69) is 10.6 Å². The van der Waals surface area contributed by atoms with Gasteiger partial charge in [-0.2, -0.15) is 0 Å². The van der Waals surface area contributed by atoms with Crippen molar-refractivity contribution in [1.29, 1.82) is 0 Å². The fraction of sp³-hybridized carbons (Fsp3) is 0.200. The van der Waals surface area contributed by atoms with Crippen molar-refractivity contribution in [2.45, 2.75) is 25.4 Å². The maximum atomic E-state index is 13.1. The molecule has 2 atom stereocenters. The summed E-state index contributed by atoms with van der Waals surface area (Å²) in [6, 6.07) is 25.0. The quantitative estimate of drug-likeness (QED) is 0.600. The Kier molecular flexibility index (Phi) is 7.22. The molecule has 0 saturated heterocycles. The van der Waals surface area contributed by atoms with Crippen molar-refractivity contribution in [2.75, 3.05) is 7.11 Å². The van der Waals surface area contributed by atoms with E-state index in [-0.39, 0.29) is 17.9 Å². The van der Waals surface area contributed by atoms with Crippen molar-refractivity contribution >= 4 is 11.8 Å². The summed E-state index contributed by atoms with van der Waals surface area (Å²) in [6.45, 7) is 1.94. The topological polar surface area (TPSA) is 67.4 Å². The van der Waals surface area contributed by atoms with Gasteiger partial charge in [0.05, 0.1) is 7.11 Å². The molecule has 0 aliphatic carbocycles. The molecule has 0 radical (unpaired) electrons. The van der Waals surface area contributed by atoms with Crippen LogP contribution in [0.2, 0.25) is 0 Å². The largest absolute Gasteiger partial charge is 0.497 e. The van der Waals surface area contributed by atoms with Crippen molar-refractivity contribution in [2.24, 2.45) is 0 Å². The predicted octanol–water partition coefficient (Wildman–Crippen LogP) is 3.91. The first-order valence-corrected chi connectivity index (χ1v) is 9.91. The van der Waals surface area contributed by atoms with E-state index in [1.54, 1.807) is 31.4 Å². The molecule has 3 rings (SSSR count). The number of hydrogen-bond acceptors (Lipinski definition) is 3. The van der Waals surface area contributed by atoms with Gasteiger partial charge in [-0.3, -0.25) is 9.59 Å². The first-order chi connectivity index (χ1) is 14.6. The number of rotatable bonds is 8. The summed E-state index contributed by atoms with van der Waals surface area (Å²) in [6.07, 6.45) is 0.650. The number of carbonyl (C=O) groups is 2. The van der Waals surface area contributed by atoms with E-state index in [0.29, 0.717) is 12.0 Å². The Labute approximate surface area is 177 Å². The summed E-state index contributed by atoms with van der Waals surface area (Å²) >= 11 is 0. The minimum atomic E-state index is -0.785. The van der Waals surface area contributed by atoms with Crippen molar-refractivity contribution in [3.63, 3.8) is 0 Å². The molecular weight excluding hydrogens is 376 g/mol. The van der Waals surface area contributed by atoms with Crippen molar-refractivity contribution in [3.05, 3.63) is 102 Å². The normalized spacial score (nSPS) is 12.5. The molecule has 0 fully saturated rings. The van der Waals surface area contributed by atoms with Gasteiger partial charge in [0.2, 0.25) is 5.91 Å². The molecule has 5 nitrogen and oxygen atoms in total. The number of methoxy groups -OCH3 is 1. The second-order valence-corrected chi connectivity index (χ2v) is 7.15. The summed E-state index contributed by atoms with van der Waals surface area (Å²) in [5, 5.41) is 5.89. The lowest BCUT2D eigenvalue weighted by atomic mass is 10.0. The van der Waals surface area contributed by atoms with Gasteiger partial charge in [0.1, 0.15) is 11.8 Å². The van der Waals surface area contributed by atoms with Crippen LogP contribution in [-0.4, -0.2) is 25.0 Å². The second kappa shape index (κ2) is 10.3. The Balaban J connectivity index is 1.72. The average molecular weight is 402 g/mol. The summed E-state index contributed by atoms with van der Waals surface area (Å²) in [7, 11) is 1.63. The van der Waals surface area contributed by atoms with Gasteiger partial charge >= 0.3 is 0 Å². The Morgan fingerprint density at radius 1 is 0.867 bits per heavy atom. The highest BCUT2D eigenvalue weighted by Crippen LogP contribution is 2.17. The Bertz CT molecular complexity index is 974. The van der Waals surface area contributed by atoms with Gasteiger partial charge in [-0.25, -0.2) is 0 Å². The van der Waals surface area contributed by atoms with Crippen molar-refractivity contribution in [1.82, 2.24) is 10.6 Å². The zero-order valence-electron chi connectivity index (χ0n) is 17.2. The van der Waals surface area contributed by atoms with E-state index in [1.807, 2.05) is 67.6 Å². The van der Waals surface area contributed by atoms with Crippen molar-refractivity contribution in [3.8, 4) is 5.75 Å². The Morgan fingerprint density at radius 2 is 1.53 bits per heavy atom. The molecule has 2 N–H and O–H groups in total. The lowest BCUT2D eigenvalue weighted by molar-refractivity contribution is -0.123. The molecule has 2 unspecified atom stereocenters. The van der Waals surface area contributed by atoms with Crippen LogP contribution in [0.1, 0.15) is 34.5 Å². The highest BCUT2D eigenvalue weighted by atomic mass is 16.5. The van der Waals surface area contributed by atoms with Gasteiger partial charge < -0.3 is 15.4 Å². The predicted molar refractivity (Wildman–Crippen MR) is 117 cm³/mol. The SMILES string of the molecule is COc1cccc(CC(C)NC(=O)C(NC(=O)c2ccccc2)c2ccccc2)c1. The van der Waals surface area contributed by atoms with Crippen molar-refractivity contribution < 1.29 is 14.3 Å². The average Bonchev–Trinajstić information content (AvgIpc) is 2.78. The van der Waals surface area contributed by atoms with Crippen LogP contribution in [0.4, 0.5) is 0 Å². The Morgan fingerprint density at radius 3 is 2.20 bits per heavy atom. The molecule has 0 aromatic heterocycles. The number of ether oxygens (including phenoxy) is 1. The van der Waals surface area contributed by atoms with E-state index in [4.69, 9.17) is 4.74 Å². The van der Waals surface area contributed by atoms with Crippen LogP contribution in [0.5, 0.6) is 5.75 Å². The third-order valence-corrected chi connectivity index (χ3v) is 4.77. The maximum absolute atomic E-state index is 13.1. The van der Waals surface area contributed by atoms with Crippen LogP contribution in [0, 0.1) is 0 Å². The fourth-order valence-corrected chi connectivity index (χ4v) is 3.28. The lowest BCUT2D eigenvalue weighted by Crippen LogP contribution is -2.44. The van der Waals surface area contributed by atoms with Gasteiger partial charge in [0.25, 0.3) is 5.91 Å². The minimum Gasteiger partial charge on any atom is -0.497 e. The molecule has 0 heterocycles. The molecule has 3 aromatic carbocycles. The third kappa shape index (κ3) is 5.70. The molecule has 0 aliphatic rings. The summed E-state index contributed by atoms with van der Waals surface area (Å²) in [5.41, 5.74) is 2.30. The highest BCUT2D eigenvalue weighted by Gasteiger charge is 2.24. The molecule has 0 spiro atoms. The van der Waals surface area contributed by atoms with Crippen LogP contribution in [0.3, 0.4) is 0 Å². The van der Waals surface area contributed by atoms with E-state index >= 15 is 0 Å². The molecule has 2 amide bonds. The van der Waals surface area contributed by atoms with Crippen LogP contribution in [-0.2, 0) is 11.2 Å². The zero-order valence-corrected chi connectivity index (χ0v) is 17.2. The highest BCUT2D eigenvalue weighted by molar-refractivity contribution is 5.97. The Hall–Kier alpha value is -3.60. The smallest absolute Gasteiger partial charge is 0.252 e. The lowest BCUT2D eigenvalue weighted by Gasteiger charge is -2.22. The van der Waals surface area contributed by atoms with Crippen LogP contribution >= 0.6 is 0 Å². The standard InChI is InChI=1S/C25H26N2O3/c1-18(16-19-10-9-15-22(17-19)30-2)26-25(29)23(20-11-5-3-6-12-20)27-24(28)21-13-7-4-8-14-21/h3-15,17-18,23H,16H2,1-2H3,(H,26,29)(H,27,28). The molecule has 0 aliphatic heterocycles. The van der Waals surface area contributed by atoms with Crippen LogP contribution < -0.4 is 15.4 Å². The second-order valence-electron chi connectivity index (χ2n) is 7.15. The zero-order chi connectivity index (χ0) is 21.3. The number of nitrogens with one attached hydrogen (secondary N) is 2. The number of amides is 2. The molecule has 5 heteroatoms. The fourth-order valence-electron chi connectivity index (χ4n) is 3.28. The molecule has 0 saturated carbocycles. The van der Waals surface area contributed by atoms with Gasteiger partial charge in [0.15, 0.2) is 0 Å². The molecule has 154 valence electrons.